The highest BCUT2D eigenvalue weighted by atomic mass is 32.3. The predicted molar refractivity (Wildman–Crippen MR) is 65.3 cm³/mol. The lowest BCUT2D eigenvalue weighted by Crippen LogP contribution is -2.32. The van der Waals surface area contributed by atoms with E-state index in [1.165, 1.54) is 0 Å². The molecule has 0 aliphatic rings. The van der Waals surface area contributed by atoms with Gasteiger partial charge in [-0.1, -0.05) is 18.2 Å². The van der Waals surface area contributed by atoms with Gasteiger partial charge < -0.3 is 10.0 Å². The molecule has 0 saturated heterocycles. The van der Waals surface area contributed by atoms with Gasteiger partial charge in [-0.05, 0) is 26.0 Å². The molecule has 1 aromatic carbocycles. The van der Waals surface area contributed by atoms with Crippen LogP contribution in [0.2, 0.25) is 0 Å². The molecule has 0 fully saturated rings. The topological polar surface area (TPSA) is 98.1 Å². The molecular weight excluding hydrogens is 246 g/mol. The summed E-state index contributed by atoms with van der Waals surface area (Å²) in [7, 11) is -4.67. The summed E-state index contributed by atoms with van der Waals surface area (Å²) in [5, 5.41) is 9.39. The van der Waals surface area contributed by atoms with Gasteiger partial charge >= 0.3 is 10.4 Å². The van der Waals surface area contributed by atoms with Crippen molar-refractivity contribution in [3.8, 4) is 0 Å². The first-order chi connectivity index (χ1) is 7.75. The van der Waals surface area contributed by atoms with Crippen molar-refractivity contribution >= 4 is 16.1 Å². The summed E-state index contributed by atoms with van der Waals surface area (Å²) in [5.41, 5.74) is 1.06. The first-order valence-corrected chi connectivity index (χ1v) is 6.35. The Labute approximate surface area is 101 Å². The second-order valence-electron chi connectivity index (χ2n) is 3.20. The number of nitrogens with zero attached hydrogens (tertiary/aromatic N) is 1. The van der Waals surface area contributed by atoms with Crippen LogP contribution < -0.4 is 4.90 Å². The molecule has 1 aromatic rings. The predicted octanol–water partition coefficient (Wildman–Crippen LogP) is 1.20. The first-order valence-electron chi connectivity index (χ1n) is 4.95. The number of aliphatic hydroxyl groups excluding tert-OH is 1. The van der Waals surface area contributed by atoms with Crippen LogP contribution in [0.15, 0.2) is 30.3 Å². The van der Waals surface area contributed by atoms with E-state index in [0.29, 0.717) is 0 Å². The minimum Gasteiger partial charge on any atom is -0.374 e. The van der Waals surface area contributed by atoms with Crippen molar-refractivity contribution in [2.45, 2.75) is 20.1 Å². The highest BCUT2D eigenvalue weighted by molar-refractivity contribution is 7.79. The zero-order valence-corrected chi connectivity index (χ0v) is 10.5. The summed E-state index contributed by atoms with van der Waals surface area (Å²) in [5.74, 6) is 0. The van der Waals surface area contributed by atoms with Crippen LogP contribution in [0.1, 0.15) is 13.8 Å². The van der Waals surface area contributed by atoms with E-state index in [2.05, 4.69) is 0 Å². The number of rotatable bonds is 3. The van der Waals surface area contributed by atoms with Crippen LogP contribution in [0.5, 0.6) is 0 Å². The van der Waals surface area contributed by atoms with Gasteiger partial charge in [-0.15, -0.1) is 0 Å². The molecule has 1 unspecified atom stereocenters. The molecule has 0 aliphatic heterocycles. The van der Waals surface area contributed by atoms with Gasteiger partial charge in [0.05, 0.1) is 0 Å². The van der Waals surface area contributed by atoms with Crippen molar-refractivity contribution in [3.05, 3.63) is 30.3 Å². The monoisotopic (exact) mass is 263 g/mol. The number of hydrogen-bond acceptors (Lipinski definition) is 4. The SMILES string of the molecule is CCN(c1ccccc1)C(C)O.O=S(=O)(O)O. The van der Waals surface area contributed by atoms with E-state index >= 15 is 0 Å². The summed E-state index contributed by atoms with van der Waals surface area (Å²) in [6, 6.07) is 9.91. The Balaban J connectivity index is 0.000000437. The lowest BCUT2D eigenvalue weighted by molar-refractivity contribution is 0.190. The Bertz CT molecular complexity index is 396. The summed E-state index contributed by atoms with van der Waals surface area (Å²) >= 11 is 0. The van der Waals surface area contributed by atoms with Crippen molar-refractivity contribution < 1.29 is 22.6 Å². The summed E-state index contributed by atoms with van der Waals surface area (Å²) in [6.45, 7) is 4.62. The largest absolute Gasteiger partial charge is 0.394 e. The fraction of sp³-hybridized carbons (Fsp3) is 0.400. The fourth-order valence-corrected chi connectivity index (χ4v) is 1.28. The standard InChI is InChI=1S/C10H15NO.H2O4S/c1-3-11(9(2)12)10-7-5-4-6-8-10;1-5(2,3)4/h4-9,12H,3H2,1-2H3;(H2,1,2,3,4). The number of benzene rings is 1. The van der Waals surface area contributed by atoms with Gasteiger partial charge in [-0.2, -0.15) is 8.42 Å². The Kier molecular flexibility index (Phi) is 6.74. The second kappa shape index (κ2) is 7.23. The maximum atomic E-state index is 9.39. The molecule has 0 aromatic heterocycles. The molecule has 7 heteroatoms. The van der Waals surface area contributed by atoms with Crippen LogP contribution >= 0.6 is 0 Å². The average molecular weight is 263 g/mol. The van der Waals surface area contributed by atoms with E-state index in [9.17, 15) is 5.11 Å². The zero-order valence-electron chi connectivity index (χ0n) is 9.68. The smallest absolute Gasteiger partial charge is 0.374 e. The van der Waals surface area contributed by atoms with Crippen LogP contribution in [-0.4, -0.2) is 35.4 Å². The lowest BCUT2D eigenvalue weighted by atomic mass is 10.3. The van der Waals surface area contributed by atoms with E-state index < -0.39 is 16.6 Å². The molecule has 3 N–H and O–H groups in total. The highest BCUT2D eigenvalue weighted by Crippen LogP contribution is 2.14. The highest BCUT2D eigenvalue weighted by Gasteiger charge is 2.07. The lowest BCUT2D eigenvalue weighted by Gasteiger charge is -2.25. The van der Waals surface area contributed by atoms with E-state index in [1.54, 1.807) is 6.92 Å². The average Bonchev–Trinajstić information content (AvgIpc) is 2.17. The quantitative estimate of drug-likeness (QED) is 0.560. The molecule has 17 heavy (non-hydrogen) atoms. The summed E-state index contributed by atoms with van der Waals surface area (Å²) < 4.78 is 31.6. The van der Waals surface area contributed by atoms with Gasteiger partial charge in [0.1, 0.15) is 6.23 Å². The molecule has 0 amide bonds. The number of anilines is 1. The van der Waals surface area contributed by atoms with Gasteiger partial charge in [0.25, 0.3) is 0 Å². The van der Waals surface area contributed by atoms with E-state index in [-0.39, 0.29) is 0 Å². The number of aliphatic hydroxyl groups is 1. The van der Waals surface area contributed by atoms with Crippen LogP contribution in [0.25, 0.3) is 0 Å². The minimum atomic E-state index is -4.67. The molecule has 0 radical (unpaired) electrons. The molecular formula is C10H17NO5S. The maximum absolute atomic E-state index is 9.39. The second-order valence-corrected chi connectivity index (χ2v) is 4.10. The third kappa shape index (κ3) is 8.64. The molecule has 1 atom stereocenters. The van der Waals surface area contributed by atoms with E-state index in [0.717, 1.165) is 12.2 Å². The Morgan fingerprint density at radius 3 is 1.94 bits per heavy atom. The number of para-hydroxylation sites is 1. The Hall–Kier alpha value is -1.15. The molecule has 0 spiro atoms. The van der Waals surface area contributed by atoms with Crippen LogP contribution in [-0.2, 0) is 10.4 Å². The molecule has 1 rings (SSSR count). The van der Waals surface area contributed by atoms with Gasteiger partial charge in [0.15, 0.2) is 0 Å². The normalized spacial score (nSPS) is 12.3. The maximum Gasteiger partial charge on any atom is 0.394 e. The van der Waals surface area contributed by atoms with E-state index in [1.807, 2.05) is 42.2 Å². The third-order valence-electron chi connectivity index (χ3n) is 1.88. The van der Waals surface area contributed by atoms with Crippen molar-refractivity contribution in [1.29, 1.82) is 0 Å². The van der Waals surface area contributed by atoms with Gasteiger partial charge in [0.2, 0.25) is 0 Å². The van der Waals surface area contributed by atoms with Crippen molar-refractivity contribution in [2.24, 2.45) is 0 Å². The summed E-state index contributed by atoms with van der Waals surface area (Å²) in [4.78, 5) is 1.93. The van der Waals surface area contributed by atoms with Gasteiger partial charge in [0, 0.05) is 12.2 Å². The van der Waals surface area contributed by atoms with E-state index in [4.69, 9.17) is 17.5 Å². The molecule has 0 heterocycles. The van der Waals surface area contributed by atoms with Crippen LogP contribution in [0.4, 0.5) is 5.69 Å². The molecule has 6 nitrogen and oxygen atoms in total. The van der Waals surface area contributed by atoms with Gasteiger partial charge in [-0.25, -0.2) is 0 Å². The zero-order chi connectivity index (χ0) is 13.5. The van der Waals surface area contributed by atoms with Crippen molar-refractivity contribution in [2.75, 3.05) is 11.4 Å². The molecule has 0 bridgehead atoms. The Morgan fingerprint density at radius 2 is 1.65 bits per heavy atom. The molecule has 98 valence electrons. The van der Waals surface area contributed by atoms with Crippen LogP contribution in [0.3, 0.4) is 0 Å². The van der Waals surface area contributed by atoms with Gasteiger partial charge in [-0.3, -0.25) is 9.11 Å². The van der Waals surface area contributed by atoms with Crippen molar-refractivity contribution in [3.63, 3.8) is 0 Å². The fourth-order valence-electron chi connectivity index (χ4n) is 1.28. The molecule has 0 aliphatic carbocycles. The van der Waals surface area contributed by atoms with Crippen molar-refractivity contribution in [1.82, 2.24) is 0 Å². The number of hydrogen-bond donors (Lipinski definition) is 3. The summed E-state index contributed by atoms with van der Waals surface area (Å²) in [6.07, 6.45) is -0.419. The third-order valence-corrected chi connectivity index (χ3v) is 1.88. The first kappa shape index (κ1) is 15.9. The molecule has 0 saturated carbocycles. The minimum absolute atomic E-state index is 0.419. The van der Waals surface area contributed by atoms with Crippen LogP contribution in [0, 0.1) is 0 Å². The Morgan fingerprint density at radius 1 is 1.24 bits per heavy atom.